The van der Waals surface area contributed by atoms with Crippen LogP contribution in [0.4, 0.5) is 0 Å². The highest BCUT2D eigenvalue weighted by atomic mass is 15.2. The lowest BCUT2D eigenvalue weighted by atomic mass is 9.92. The molecule has 80 valence electrons. The smallest absolute Gasteiger partial charge is 0.119 e. The molecule has 5 nitrogen and oxygen atoms in total. The minimum absolute atomic E-state index is 0.0853. The molecule has 0 amide bonds. The van der Waals surface area contributed by atoms with Crippen molar-refractivity contribution < 1.29 is 0 Å². The van der Waals surface area contributed by atoms with Gasteiger partial charge in [0.05, 0.1) is 17.9 Å². The molecule has 0 aliphatic carbocycles. The van der Waals surface area contributed by atoms with E-state index in [0.717, 1.165) is 17.9 Å². The number of aromatic nitrogens is 5. The molecule has 0 unspecified atom stereocenters. The Morgan fingerprint density at radius 3 is 2.47 bits per heavy atom. The summed E-state index contributed by atoms with van der Waals surface area (Å²) < 4.78 is 1.90. The van der Waals surface area contributed by atoms with E-state index in [1.54, 1.807) is 12.7 Å². The van der Waals surface area contributed by atoms with Crippen molar-refractivity contribution in [1.82, 2.24) is 25.0 Å². The predicted octanol–water partition coefficient (Wildman–Crippen LogP) is 1.35. The summed E-state index contributed by atoms with van der Waals surface area (Å²) >= 11 is 0. The monoisotopic (exact) mass is 205 g/mol. The first kappa shape index (κ1) is 9.89. The normalized spacial score (nSPS) is 11.9. The SMILES string of the molecule is CC(C)(C)c1cc(Cn2cnnc2)[nH]n1. The van der Waals surface area contributed by atoms with Crippen molar-refractivity contribution in [1.29, 1.82) is 0 Å². The Kier molecular flexibility index (Phi) is 2.30. The first-order chi connectivity index (χ1) is 7.05. The molecule has 0 saturated carbocycles. The first-order valence-corrected chi connectivity index (χ1v) is 4.93. The maximum atomic E-state index is 4.29. The summed E-state index contributed by atoms with van der Waals surface area (Å²) in [6, 6.07) is 2.08. The zero-order chi connectivity index (χ0) is 10.9. The van der Waals surface area contributed by atoms with Crippen molar-refractivity contribution in [2.24, 2.45) is 0 Å². The molecule has 0 fully saturated rings. The fraction of sp³-hybridized carbons (Fsp3) is 0.500. The minimum atomic E-state index is 0.0853. The Morgan fingerprint density at radius 2 is 1.93 bits per heavy atom. The van der Waals surface area contributed by atoms with Crippen LogP contribution in [0.1, 0.15) is 32.2 Å². The molecule has 0 aliphatic rings. The van der Waals surface area contributed by atoms with E-state index in [2.05, 4.69) is 47.2 Å². The third-order valence-electron chi connectivity index (χ3n) is 2.22. The summed E-state index contributed by atoms with van der Waals surface area (Å²) in [5.41, 5.74) is 2.23. The maximum Gasteiger partial charge on any atom is 0.119 e. The largest absolute Gasteiger partial charge is 0.314 e. The average molecular weight is 205 g/mol. The van der Waals surface area contributed by atoms with Crippen molar-refractivity contribution in [3.8, 4) is 0 Å². The number of rotatable bonds is 2. The van der Waals surface area contributed by atoms with Gasteiger partial charge in [-0.15, -0.1) is 10.2 Å². The molecular weight excluding hydrogens is 190 g/mol. The Morgan fingerprint density at radius 1 is 1.27 bits per heavy atom. The van der Waals surface area contributed by atoms with Crippen LogP contribution in [0.15, 0.2) is 18.7 Å². The number of hydrogen-bond acceptors (Lipinski definition) is 3. The Bertz CT molecular complexity index is 421. The van der Waals surface area contributed by atoms with Gasteiger partial charge in [-0.3, -0.25) is 5.10 Å². The van der Waals surface area contributed by atoms with Gasteiger partial charge >= 0.3 is 0 Å². The van der Waals surface area contributed by atoms with E-state index in [0.29, 0.717) is 0 Å². The third-order valence-corrected chi connectivity index (χ3v) is 2.22. The number of nitrogens with zero attached hydrogens (tertiary/aromatic N) is 4. The second kappa shape index (κ2) is 3.49. The molecule has 2 aromatic heterocycles. The molecule has 0 aliphatic heterocycles. The van der Waals surface area contributed by atoms with Gasteiger partial charge in [0.2, 0.25) is 0 Å². The molecule has 15 heavy (non-hydrogen) atoms. The van der Waals surface area contributed by atoms with Crippen LogP contribution in [0.5, 0.6) is 0 Å². The lowest BCUT2D eigenvalue weighted by Crippen LogP contribution is -2.11. The molecule has 0 atom stereocenters. The van der Waals surface area contributed by atoms with Crippen LogP contribution in [-0.2, 0) is 12.0 Å². The van der Waals surface area contributed by atoms with Crippen LogP contribution in [0.25, 0.3) is 0 Å². The van der Waals surface area contributed by atoms with E-state index in [1.165, 1.54) is 0 Å². The Labute approximate surface area is 88.5 Å². The number of hydrogen-bond donors (Lipinski definition) is 1. The highest BCUT2D eigenvalue weighted by Crippen LogP contribution is 2.20. The van der Waals surface area contributed by atoms with Gasteiger partial charge in [-0.1, -0.05) is 20.8 Å². The second-order valence-electron chi connectivity index (χ2n) is 4.66. The minimum Gasteiger partial charge on any atom is -0.314 e. The van der Waals surface area contributed by atoms with Crippen molar-refractivity contribution in [3.05, 3.63) is 30.1 Å². The van der Waals surface area contributed by atoms with E-state index >= 15 is 0 Å². The van der Waals surface area contributed by atoms with Crippen molar-refractivity contribution in [2.75, 3.05) is 0 Å². The second-order valence-corrected chi connectivity index (χ2v) is 4.66. The molecule has 2 heterocycles. The summed E-state index contributed by atoms with van der Waals surface area (Å²) in [5.74, 6) is 0. The Balaban J connectivity index is 2.15. The standard InChI is InChI=1S/C10H15N5/c1-10(2,3)9-4-8(13-14-9)5-15-6-11-12-7-15/h4,6-7H,5H2,1-3H3,(H,13,14). The molecule has 5 heteroatoms. The van der Waals surface area contributed by atoms with Gasteiger partial charge in [0.1, 0.15) is 12.7 Å². The van der Waals surface area contributed by atoms with Crippen LogP contribution in [0.3, 0.4) is 0 Å². The summed E-state index contributed by atoms with van der Waals surface area (Å²) in [6.45, 7) is 7.17. The number of H-pyrrole nitrogens is 1. The van der Waals surface area contributed by atoms with Gasteiger partial charge in [-0.05, 0) is 6.07 Å². The fourth-order valence-corrected chi connectivity index (χ4v) is 1.33. The van der Waals surface area contributed by atoms with Gasteiger partial charge < -0.3 is 4.57 Å². The quantitative estimate of drug-likeness (QED) is 0.805. The first-order valence-electron chi connectivity index (χ1n) is 4.93. The summed E-state index contributed by atoms with van der Waals surface area (Å²) in [4.78, 5) is 0. The molecule has 0 bridgehead atoms. The maximum absolute atomic E-state index is 4.29. The van der Waals surface area contributed by atoms with Gasteiger partial charge in [0.25, 0.3) is 0 Å². The van der Waals surface area contributed by atoms with Crippen molar-refractivity contribution in [3.63, 3.8) is 0 Å². The highest BCUT2D eigenvalue weighted by Gasteiger charge is 2.17. The molecule has 2 aromatic rings. The Hall–Kier alpha value is -1.65. The van der Waals surface area contributed by atoms with Gasteiger partial charge in [-0.25, -0.2) is 0 Å². The molecule has 0 spiro atoms. The van der Waals surface area contributed by atoms with E-state index in [-0.39, 0.29) is 5.41 Å². The van der Waals surface area contributed by atoms with Crippen LogP contribution in [0.2, 0.25) is 0 Å². The molecular formula is C10H15N5. The van der Waals surface area contributed by atoms with Gasteiger partial charge in [0.15, 0.2) is 0 Å². The van der Waals surface area contributed by atoms with Crippen LogP contribution < -0.4 is 0 Å². The summed E-state index contributed by atoms with van der Waals surface area (Å²) in [5, 5.41) is 14.8. The van der Waals surface area contributed by atoms with Gasteiger partial charge in [0, 0.05) is 5.41 Å². The predicted molar refractivity (Wildman–Crippen MR) is 56.4 cm³/mol. The molecule has 0 aromatic carbocycles. The van der Waals surface area contributed by atoms with Gasteiger partial charge in [-0.2, -0.15) is 5.10 Å². The van der Waals surface area contributed by atoms with E-state index < -0.39 is 0 Å². The topological polar surface area (TPSA) is 59.4 Å². The van der Waals surface area contributed by atoms with Crippen LogP contribution in [-0.4, -0.2) is 25.0 Å². The van der Waals surface area contributed by atoms with E-state index in [1.807, 2.05) is 4.57 Å². The zero-order valence-electron chi connectivity index (χ0n) is 9.23. The molecule has 1 N–H and O–H groups in total. The molecule has 2 rings (SSSR count). The fourth-order valence-electron chi connectivity index (χ4n) is 1.33. The lowest BCUT2D eigenvalue weighted by molar-refractivity contribution is 0.567. The molecule has 0 saturated heterocycles. The summed E-state index contributed by atoms with van der Waals surface area (Å²) in [7, 11) is 0. The van der Waals surface area contributed by atoms with Crippen molar-refractivity contribution >= 4 is 0 Å². The average Bonchev–Trinajstić information content (AvgIpc) is 2.73. The number of aromatic amines is 1. The van der Waals surface area contributed by atoms with E-state index in [9.17, 15) is 0 Å². The molecule has 0 radical (unpaired) electrons. The van der Waals surface area contributed by atoms with Crippen molar-refractivity contribution in [2.45, 2.75) is 32.7 Å². The van der Waals surface area contributed by atoms with Crippen LogP contribution in [0, 0.1) is 0 Å². The lowest BCUT2D eigenvalue weighted by Gasteiger charge is -2.13. The number of nitrogens with one attached hydrogen (secondary N) is 1. The van der Waals surface area contributed by atoms with E-state index in [4.69, 9.17) is 0 Å². The zero-order valence-corrected chi connectivity index (χ0v) is 9.23. The summed E-state index contributed by atoms with van der Waals surface area (Å²) in [6.07, 6.45) is 3.38. The third kappa shape index (κ3) is 2.23. The highest BCUT2D eigenvalue weighted by molar-refractivity contribution is 5.16. The van der Waals surface area contributed by atoms with Crippen LogP contribution >= 0.6 is 0 Å².